The molecule has 3 rings (SSSR count). The van der Waals surface area contributed by atoms with E-state index in [1.54, 1.807) is 12.1 Å². The molecule has 0 unspecified atom stereocenters. The Morgan fingerprint density at radius 1 is 1.05 bits per heavy atom. The van der Waals surface area contributed by atoms with Crippen LogP contribution in [0.15, 0.2) is 48.5 Å². The molecule has 1 aromatic heterocycles. The average Bonchev–Trinajstić information content (AvgIpc) is 2.87. The van der Waals surface area contributed by atoms with Crippen molar-refractivity contribution in [2.75, 3.05) is 6.54 Å². The highest BCUT2D eigenvalue weighted by Crippen LogP contribution is 2.20. The summed E-state index contributed by atoms with van der Waals surface area (Å²) in [5, 5.41) is 10.7. The van der Waals surface area contributed by atoms with Crippen LogP contribution in [0.3, 0.4) is 0 Å². The van der Waals surface area contributed by atoms with Gasteiger partial charge in [0, 0.05) is 24.3 Å². The van der Waals surface area contributed by atoms with E-state index in [0.717, 1.165) is 5.57 Å². The summed E-state index contributed by atoms with van der Waals surface area (Å²) in [6.45, 7) is 0.492. The summed E-state index contributed by atoms with van der Waals surface area (Å²) < 4.78 is 5.54. The van der Waals surface area contributed by atoms with Crippen LogP contribution in [-0.4, -0.2) is 22.6 Å². The van der Waals surface area contributed by atoms with Gasteiger partial charge in [0.2, 0.25) is 11.8 Å². The zero-order chi connectivity index (χ0) is 13.1. The van der Waals surface area contributed by atoms with Gasteiger partial charge < -0.3 is 10.1 Å². The smallest absolute Gasteiger partial charge is 0.244 e. The molecule has 94 valence electrons. The zero-order valence-corrected chi connectivity index (χ0v) is 10.0. The van der Waals surface area contributed by atoms with Crippen molar-refractivity contribution in [3.8, 4) is 11.6 Å². The third kappa shape index (κ3) is 2.60. The van der Waals surface area contributed by atoms with Crippen LogP contribution in [0.25, 0.3) is 5.57 Å². The molecule has 1 aliphatic rings. The Bertz CT molecular complexity index is 621. The molecular weight excluding hydrogens is 242 g/mol. The van der Waals surface area contributed by atoms with E-state index in [1.165, 1.54) is 6.08 Å². The van der Waals surface area contributed by atoms with Gasteiger partial charge in [0.15, 0.2) is 0 Å². The van der Waals surface area contributed by atoms with Gasteiger partial charge in [-0.1, -0.05) is 18.2 Å². The summed E-state index contributed by atoms with van der Waals surface area (Å²) >= 11 is 0. The molecule has 0 spiro atoms. The minimum absolute atomic E-state index is 0.0959. The van der Waals surface area contributed by atoms with Gasteiger partial charge in [-0.25, -0.2) is 0 Å². The molecule has 2 heterocycles. The summed E-state index contributed by atoms with van der Waals surface area (Å²) in [5.74, 6) is 1.04. The first-order valence-corrected chi connectivity index (χ1v) is 5.87. The molecule has 1 amide bonds. The highest BCUT2D eigenvalue weighted by molar-refractivity contribution is 6.00. The summed E-state index contributed by atoms with van der Waals surface area (Å²) in [4.78, 5) is 11.1. The molecule has 1 aliphatic heterocycles. The Morgan fingerprint density at radius 3 is 2.53 bits per heavy atom. The van der Waals surface area contributed by atoms with Gasteiger partial charge in [0.05, 0.1) is 5.69 Å². The highest BCUT2D eigenvalue weighted by Gasteiger charge is 2.14. The number of carbonyl (C=O) groups excluding carboxylic acids is 1. The largest absolute Gasteiger partial charge is 0.438 e. The van der Waals surface area contributed by atoms with E-state index in [0.29, 0.717) is 23.9 Å². The van der Waals surface area contributed by atoms with Gasteiger partial charge >= 0.3 is 0 Å². The van der Waals surface area contributed by atoms with E-state index in [9.17, 15) is 4.79 Å². The first-order chi connectivity index (χ1) is 9.31. The maximum atomic E-state index is 11.1. The fourth-order valence-electron chi connectivity index (χ4n) is 1.76. The molecule has 5 nitrogen and oxygen atoms in total. The monoisotopic (exact) mass is 253 g/mol. The Kier molecular flexibility index (Phi) is 2.94. The quantitative estimate of drug-likeness (QED) is 0.905. The number of hydrogen-bond acceptors (Lipinski definition) is 4. The molecule has 0 aliphatic carbocycles. The van der Waals surface area contributed by atoms with Crippen LogP contribution in [0.5, 0.6) is 11.6 Å². The number of nitrogens with zero attached hydrogens (tertiary/aromatic N) is 2. The molecule has 2 aromatic rings. The summed E-state index contributed by atoms with van der Waals surface area (Å²) in [5.41, 5.74) is 1.52. The summed E-state index contributed by atoms with van der Waals surface area (Å²) in [6.07, 6.45) is 1.53. The molecule has 0 saturated heterocycles. The fraction of sp³-hybridized carbons (Fsp3) is 0.0714. The molecule has 0 saturated carbocycles. The first-order valence-electron chi connectivity index (χ1n) is 5.87. The number of para-hydroxylation sites is 1. The van der Waals surface area contributed by atoms with Crippen LogP contribution in [0.2, 0.25) is 0 Å². The summed E-state index contributed by atoms with van der Waals surface area (Å²) in [6, 6.07) is 12.9. The lowest BCUT2D eigenvalue weighted by molar-refractivity contribution is -0.115. The van der Waals surface area contributed by atoms with Crippen molar-refractivity contribution in [2.45, 2.75) is 0 Å². The molecular formula is C14H11N3O2. The molecule has 1 aromatic carbocycles. The molecule has 19 heavy (non-hydrogen) atoms. The molecule has 0 fully saturated rings. The average molecular weight is 253 g/mol. The molecule has 0 atom stereocenters. The van der Waals surface area contributed by atoms with Gasteiger partial charge in [-0.2, -0.15) is 0 Å². The third-order valence-corrected chi connectivity index (χ3v) is 2.69. The first kappa shape index (κ1) is 11.4. The Labute approximate surface area is 109 Å². The van der Waals surface area contributed by atoms with Crippen LogP contribution >= 0.6 is 0 Å². The minimum atomic E-state index is -0.0959. The number of ether oxygens (including phenoxy) is 1. The number of benzene rings is 1. The lowest BCUT2D eigenvalue weighted by Crippen LogP contribution is -2.14. The second-order valence-corrected chi connectivity index (χ2v) is 4.06. The Balaban J connectivity index is 1.76. The normalized spacial score (nSPS) is 13.9. The maximum absolute atomic E-state index is 11.1. The maximum Gasteiger partial charge on any atom is 0.244 e. The standard InChI is InChI=1S/C14H11N3O2/c18-13-8-10(9-15-13)12-6-7-14(17-16-12)19-11-4-2-1-3-5-11/h1-8H,9H2,(H,15,18). The second-order valence-electron chi connectivity index (χ2n) is 4.06. The minimum Gasteiger partial charge on any atom is -0.438 e. The predicted octanol–water partition coefficient (Wildman–Crippen LogP) is 1.78. The number of hydrogen-bond donors (Lipinski definition) is 1. The Morgan fingerprint density at radius 2 is 1.89 bits per heavy atom. The zero-order valence-electron chi connectivity index (χ0n) is 10.0. The Hall–Kier alpha value is -2.69. The van der Waals surface area contributed by atoms with Gasteiger partial charge in [-0.05, 0) is 18.2 Å². The molecule has 0 bridgehead atoms. The van der Waals surface area contributed by atoms with Crippen molar-refractivity contribution in [3.63, 3.8) is 0 Å². The topological polar surface area (TPSA) is 64.1 Å². The highest BCUT2D eigenvalue weighted by atomic mass is 16.5. The fourth-order valence-corrected chi connectivity index (χ4v) is 1.76. The van der Waals surface area contributed by atoms with E-state index >= 15 is 0 Å². The van der Waals surface area contributed by atoms with E-state index in [4.69, 9.17) is 4.74 Å². The van der Waals surface area contributed by atoms with Crippen molar-refractivity contribution < 1.29 is 9.53 Å². The van der Waals surface area contributed by atoms with Gasteiger partial charge in [-0.15, -0.1) is 10.2 Å². The number of rotatable bonds is 3. The van der Waals surface area contributed by atoms with Crippen molar-refractivity contribution >= 4 is 11.5 Å². The van der Waals surface area contributed by atoms with Gasteiger partial charge in [0.25, 0.3) is 0 Å². The number of nitrogens with one attached hydrogen (secondary N) is 1. The SMILES string of the molecule is O=C1C=C(c2ccc(Oc3ccccc3)nn2)CN1. The lowest BCUT2D eigenvalue weighted by Gasteiger charge is -2.04. The molecule has 5 heteroatoms. The van der Waals surface area contributed by atoms with Crippen LogP contribution in [0, 0.1) is 0 Å². The van der Waals surface area contributed by atoms with Crippen LogP contribution in [0.4, 0.5) is 0 Å². The van der Waals surface area contributed by atoms with Crippen molar-refractivity contribution in [1.82, 2.24) is 15.5 Å². The van der Waals surface area contributed by atoms with E-state index in [-0.39, 0.29) is 5.91 Å². The third-order valence-electron chi connectivity index (χ3n) is 2.69. The van der Waals surface area contributed by atoms with Crippen LogP contribution < -0.4 is 10.1 Å². The van der Waals surface area contributed by atoms with Gasteiger partial charge in [0.1, 0.15) is 5.75 Å². The van der Waals surface area contributed by atoms with Crippen molar-refractivity contribution in [3.05, 3.63) is 54.2 Å². The lowest BCUT2D eigenvalue weighted by atomic mass is 10.2. The van der Waals surface area contributed by atoms with Crippen molar-refractivity contribution in [2.24, 2.45) is 0 Å². The van der Waals surface area contributed by atoms with Crippen molar-refractivity contribution in [1.29, 1.82) is 0 Å². The number of carbonyl (C=O) groups is 1. The van der Waals surface area contributed by atoms with E-state index < -0.39 is 0 Å². The molecule has 1 N–H and O–H groups in total. The van der Waals surface area contributed by atoms with Gasteiger partial charge in [-0.3, -0.25) is 4.79 Å². The second kappa shape index (κ2) is 4.89. The van der Waals surface area contributed by atoms with E-state index in [1.807, 2.05) is 30.3 Å². The van der Waals surface area contributed by atoms with E-state index in [2.05, 4.69) is 15.5 Å². The number of amides is 1. The summed E-state index contributed by atoms with van der Waals surface area (Å²) in [7, 11) is 0. The molecule has 0 radical (unpaired) electrons. The number of aromatic nitrogens is 2. The van der Waals surface area contributed by atoms with Crippen LogP contribution in [0.1, 0.15) is 5.69 Å². The van der Waals surface area contributed by atoms with Crippen LogP contribution in [-0.2, 0) is 4.79 Å². The predicted molar refractivity (Wildman–Crippen MR) is 69.5 cm³/mol.